The van der Waals surface area contributed by atoms with E-state index in [9.17, 15) is 9.59 Å². The third-order valence-electron chi connectivity index (χ3n) is 3.14. The van der Waals surface area contributed by atoms with Crippen LogP contribution >= 0.6 is 0 Å². The second kappa shape index (κ2) is 5.86. The predicted octanol–water partition coefficient (Wildman–Crippen LogP) is 1.17. The lowest BCUT2D eigenvalue weighted by Crippen LogP contribution is -2.43. The Hall–Kier alpha value is -1.85. The summed E-state index contributed by atoms with van der Waals surface area (Å²) in [6, 6.07) is -0.291. The summed E-state index contributed by atoms with van der Waals surface area (Å²) in [6.45, 7) is 4.39. The average Bonchev–Trinajstić information content (AvgIpc) is 2.79. The van der Waals surface area contributed by atoms with Crippen molar-refractivity contribution in [3.8, 4) is 0 Å². The number of nitrogens with zero attached hydrogens (tertiary/aromatic N) is 2. The molecule has 1 N–H and O–H groups in total. The molecule has 0 spiro atoms. The van der Waals surface area contributed by atoms with E-state index < -0.39 is 0 Å². The third kappa shape index (κ3) is 3.56. The van der Waals surface area contributed by atoms with Gasteiger partial charge in [0.1, 0.15) is 11.8 Å². The number of nitrogens with one attached hydrogen (secondary N) is 1. The fourth-order valence-corrected chi connectivity index (χ4v) is 2.12. The number of hydrogen-bond acceptors (Lipinski definition) is 4. The molecule has 1 saturated heterocycles. The van der Waals surface area contributed by atoms with Crippen LogP contribution in [-0.4, -0.2) is 34.8 Å². The normalized spacial score (nSPS) is 17.4. The van der Waals surface area contributed by atoms with Crippen molar-refractivity contribution in [1.82, 2.24) is 15.2 Å². The van der Waals surface area contributed by atoms with Crippen LogP contribution in [0.5, 0.6) is 0 Å². The van der Waals surface area contributed by atoms with Crippen molar-refractivity contribution < 1.29 is 14.0 Å². The summed E-state index contributed by atoms with van der Waals surface area (Å²) in [5.74, 6) is 1.07. The Balaban J connectivity index is 1.85. The summed E-state index contributed by atoms with van der Waals surface area (Å²) in [5.41, 5.74) is 0. The zero-order chi connectivity index (χ0) is 13.8. The summed E-state index contributed by atoms with van der Waals surface area (Å²) in [6.07, 6.45) is 4.05. The minimum Gasteiger partial charge on any atom is -0.444 e. The highest BCUT2D eigenvalue weighted by atomic mass is 16.4. The molecule has 6 nitrogen and oxygen atoms in total. The number of aryl methyl sites for hydroxylation is 1. The van der Waals surface area contributed by atoms with Crippen molar-refractivity contribution in [1.29, 1.82) is 0 Å². The van der Waals surface area contributed by atoms with Gasteiger partial charge in [-0.3, -0.25) is 9.59 Å². The van der Waals surface area contributed by atoms with E-state index in [0.717, 1.165) is 12.8 Å². The van der Waals surface area contributed by atoms with E-state index in [1.165, 1.54) is 0 Å². The first-order chi connectivity index (χ1) is 9.06. The minimum atomic E-state index is -0.291. The van der Waals surface area contributed by atoms with Gasteiger partial charge < -0.3 is 14.6 Å². The van der Waals surface area contributed by atoms with Gasteiger partial charge in [-0.25, -0.2) is 4.98 Å². The Morgan fingerprint density at radius 1 is 1.58 bits per heavy atom. The number of piperidine rings is 1. The van der Waals surface area contributed by atoms with Crippen LogP contribution in [0.2, 0.25) is 0 Å². The lowest BCUT2D eigenvalue weighted by Gasteiger charge is -2.26. The highest BCUT2D eigenvalue weighted by molar-refractivity contribution is 5.85. The maximum absolute atomic E-state index is 11.9. The van der Waals surface area contributed by atoms with Crippen LogP contribution in [0.15, 0.2) is 10.6 Å². The molecule has 0 radical (unpaired) electrons. The molecule has 0 aliphatic carbocycles. The number of rotatable bonds is 4. The van der Waals surface area contributed by atoms with Gasteiger partial charge in [0.15, 0.2) is 0 Å². The maximum atomic E-state index is 11.9. The number of amides is 2. The van der Waals surface area contributed by atoms with Crippen molar-refractivity contribution in [2.75, 3.05) is 13.1 Å². The number of carbonyl (C=O) groups excluding carboxylic acids is 2. The van der Waals surface area contributed by atoms with E-state index in [1.54, 1.807) is 24.9 Å². The highest BCUT2D eigenvalue weighted by Crippen LogP contribution is 2.13. The topological polar surface area (TPSA) is 75.4 Å². The Kier molecular flexibility index (Phi) is 4.19. The molecule has 0 bridgehead atoms. The molecule has 6 heteroatoms. The van der Waals surface area contributed by atoms with Gasteiger partial charge in [0, 0.05) is 13.0 Å². The smallest absolute Gasteiger partial charge is 0.240 e. The zero-order valence-corrected chi connectivity index (χ0v) is 11.3. The zero-order valence-electron chi connectivity index (χ0n) is 11.3. The van der Waals surface area contributed by atoms with Crippen molar-refractivity contribution >= 4 is 11.8 Å². The molecule has 2 rings (SSSR count). The molecule has 104 valence electrons. The van der Waals surface area contributed by atoms with Crippen LogP contribution in [0.4, 0.5) is 0 Å². The Morgan fingerprint density at radius 2 is 2.37 bits per heavy atom. The lowest BCUT2D eigenvalue weighted by molar-refractivity contribution is -0.138. The molecule has 1 atom stereocenters. The van der Waals surface area contributed by atoms with Gasteiger partial charge in [0.2, 0.25) is 17.7 Å². The van der Waals surface area contributed by atoms with Crippen molar-refractivity contribution in [3.63, 3.8) is 0 Å². The van der Waals surface area contributed by atoms with E-state index in [4.69, 9.17) is 4.42 Å². The van der Waals surface area contributed by atoms with Gasteiger partial charge >= 0.3 is 0 Å². The molecule has 1 fully saturated rings. The molecule has 1 aromatic rings. The molecule has 2 heterocycles. The van der Waals surface area contributed by atoms with E-state index in [0.29, 0.717) is 24.6 Å². The molecule has 1 aliphatic rings. The second-order valence-corrected chi connectivity index (χ2v) is 4.87. The molecular formula is C13H19N3O3. The summed E-state index contributed by atoms with van der Waals surface area (Å²) < 4.78 is 5.35. The molecule has 0 unspecified atom stereocenters. The molecule has 2 amide bonds. The lowest BCUT2D eigenvalue weighted by atomic mass is 10.1. The Morgan fingerprint density at radius 3 is 3.00 bits per heavy atom. The summed E-state index contributed by atoms with van der Waals surface area (Å²) in [4.78, 5) is 29.1. The average molecular weight is 265 g/mol. The van der Waals surface area contributed by atoms with Crippen LogP contribution in [0.3, 0.4) is 0 Å². The van der Waals surface area contributed by atoms with Gasteiger partial charge in [-0.1, -0.05) is 0 Å². The third-order valence-corrected chi connectivity index (χ3v) is 3.14. The number of carbonyl (C=O) groups is 2. The summed E-state index contributed by atoms with van der Waals surface area (Å²) in [7, 11) is 0. The monoisotopic (exact) mass is 265 g/mol. The number of hydrogen-bond donors (Lipinski definition) is 1. The number of likely N-dealkylation sites (tertiary alicyclic amines) is 1. The molecular weight excluding hydrogens is 246 g/mol. The maximum Gasteiger partial charge on any atom is 0.240 e. The van der Waals surface area contributed by atoms with Gasteiger partial charge in [-0.2, -0.15) is 0 Å². The number of oxazole rings is 1. The second-order valence-electron chi connectivity index (χ2n) is 4.87. The standard InChI is InChI=1S/C13H19N3O3/c1-9-7-14-13(19-9)10(2)15-11(17)8-16-6-4-3-5-12(16)18/h7,10H,3-6,8H2,1-2H3,(H,15,17)/t10-/m1/s1. The van der Waals surface area contributed by atoms with Gasteiger partial charge in [0.25, 0.3) is 0 Å². The van der Waals surface area contributed by atoms with Crippen LogP contribution in [0.25, 0.3) is 0 Å². The molecule has 19 heavy (non-hydrogen) atoms. The fourth-order valence-electron chi connectivity index (χ4n) is 2.12. The first-order valence-corrected chi connectivity index (χ1v) is 6.55. The van der Waals surface area contributed by atoms with E-state index in [-0.39, 0.29) is 24.4 Å². The minimum absolute atomic E-state index is 0.0565. The van der Waals surface area contributed by atoms with E-state index in [1.807, 2.05) is 0 Å². The molecule has 1 aromatic heterocycles. The SMILES string of the molecule is Cc1cnc([C@@H](C)NC(=O)CN2CCCCC2=O)o1. The first kappa shape index (κ1) is 13.6. The van der Waals surface area contributed by atoms with Gasteiger partial charge in [-0.15, -0.1) is 0 Å². The highest BCUT2D eigenvalue weighted by Gasteiger charge is 2.22. The van der Waals surface area contributed by atoms with Gasteiger partial charge in [0.05, 0.1) is 12.7 Å². The van der Waals surface area contributed by atoms with Crippen LogP contribution in [0.1, 0.15) is 43.9 Å². The fraction of sp³-hybridized carbons (Fsp3) is 0.615. The number of aromatic nitrogens is 1. The van der Waals surface area contributed by atoms with Gasteiger partial charge in [-0.05, 0) is 26.7 Å². The summed E-state index contributed by atoms with van der Waals surface area (Å²) >= 11 is 0. The Labute approximate surface area is 112 Å². The molecule has 0 aromatic carbocycles. The van der Waals surface area contributed by atoms with E-state index in [2.05, 4.69) is 10.3 Å². The summed E-state index contributed by atoms with van der Waals surface area (Å²) in [5, 5.41) is 2.79. The molecule has 0 saturated carbocycles. The van der Waals surface area contributed by atoms with Crippen LogP contribution in [-0.2, 0) is 9.59 Å². The van der Waals surface area contributed by atoms with E-state index >= 15 is 0 Å². The van der Waals surface area contributed by atoms with Crippen LogP contribution < -0.4 is 5.32 Å². The predicted molar refractivity (Wildman–Crippen MR) is 68.2 cm³/mol. The Bertz CT molecular complexity index is 469. The largest absolute Gasteiger partial charge is 0.444 e. The quantitative estimate of drug-likeness (QED) is 0.886. The van der Waals surface area contributed by atoms with Crippen molar-refractivity contribution in [3.05, 3.63) is 17.8 Å². The van der Waals surface area contributed by atoms with Crippen molar-refractivity contribution in [2.24, 2.45) is 0 Å². The molecule has 1 aliphatic heterocycles. The van der Waals surface area contributed by atoms with Crippen LogP contribution in [0, 0.1) is 6.92 Å². The first-order valence-electron chi connectivity index (χ1n) is 6.55. The van der Waals surface area contributed by atoms with Crippen molar-refractivity contribution in [2.45, 2.75) is 39.2 Å².